The number of amides is 4. The van der Waals surface area contributed by atoms with Crippen LogP contribution >= 0.6 is 0 Å². The van der Waals surface area contributed by atoms with Crippen LogP contribution in [0.25, 0.3) is 11.1 Å². The molecule has 0 saturated heterocycles. The molecule has 70 heavy (non-hydrogen) atoms. The topological polar surface area (TPSA) is 200 Å². The predicted molar refractivity (Wildman–Crippen MR) is 267 cm³/mol. The zero-order valence-corrected chi connectivity index (χ0v) is 41.8. The number of esters is 2. The SMILES string of the molecule is C=CCOC(=O)N[C@@H](COCc1ccccc1)C(=O)NCC(=O)N(CCC(CNC(=O)OCC1c2ccccc2-c2ccccc21)N[C@@H](CC(C)C)C(=O)OCC=C)[C@@H](CC(C)C)C(=O)OC(C)(C)C. The molecule has 1 aliphatic carbocycles. The summed E-state index contributed by atoms with van der Waals surface area (Å²) in [5, 5.41) is 11.3. The first-order valence-corrected chi connectivity index (χ1v) is 24.0. The highest BCUT2D eigenvalue weighted by Gasteiger charge is 2.36. The Morgan fingerprint density at radius 2 is 1.31 bits per heavy atom. The molecule has 1 aliphatic rings. The van der Waals surface area contributed by atoms with Gasteiger partial charge in [0.25, 0.3) is 0 Å². The molecule has 4 amide bonds. The lowest BCUT2D eigenvalue weighted by Gasteiger charge is -2.35. The zero-order valence-electron chi connectivity index (χ0n) is 41.8. The van der Waals surface area contributed by atoms with Crippen molar-refractivity contribution in [2.24, 2.45) is 11.8 Å². The van der Waals surface area contributed by atoms with Crippen LogP contribution in [-0.4, -0.2) is 117 Å². The van der Waals surface area contributed by atoms with E-state index in [1.807, 2.05) is 94.4 Å². The van der Waals surface area contributed by atoms with Crippen molar-refractivity contribution in [3.8, 4) is 11.1 Å². The van der Waals surface area contributed by atoms with E-state index in [1.165, 1.54) is 17.1 Å². The summed E-state index contributed by atoms with van der Waals surface area (Å²) in [4.78, 5) is 83.4. The molecule has 0 fully saturated rings. The Hall–Kier alpha value is -6.52. The molecular weight excluding hydrogens is 895 g/mol. The van der Waals surface area contributed by atoms with Gasteiger partial charge in [-0.2, -0.15) is 0 Å². The third kappa shape index (κ3) is 18.4. The van der Waals surface area contributed by atoms with Gasteiger partial charge in [0.2, 0.25) is 11.8 Å². The Balaban J connectivity index is 1.59. The van der Waals surface area contributed by atoms with E-state index in [1.54, 1.807) is 20.8 Å². The second-order valence-electron chi connectivity index (χ2n) is 19.0. The molecule has 4 N–H and O–H groups in total. The van der Waals surface area contributed by atoms with Gasteiger partial charge in [-0.25, -0.2) is 14.4 Å². The molecule has 0 aromatic heterocycles. The van der Waals surface area contributed by atoms with Crippen molar-refractivity contribution in [2.45, 2.75) is 110 Å². The first-order valence-electron chi connectivity index (χ1n) is 24.0. The van der Waals surface area contributed by atoms with Gasteiger partial charge in [0, 0.05) is 25.0 Å². The number of nitrogens with zero attached hydrogens (tertiary/aromatic N) is 1. The van der Waals surface area contributed by atoms with E-state index in [9.17, 15) is 28.8 Å². The van der Waals surface area contributed by atoms with Gasteiger partial charge in [-0.05, 0) is 79.7 Å². The second-order valence-corrected chi connectivity index (χ2v) is 19.0. The Bertz CT molecular complexity index is 2160. The summed E-state index contributed by atoms with van der Waals surface area (Å²) in [7, 11) is 0. The smallest absolute Gasteiger partial charge is 0.408 e. The molecule has 0 heterocycles. The number of rotatable bonds is 28. The minimum atomic E-state index is -1.27. The number of carbonyl (C=O) groups is 6. The number of hydrogen-bond acceptors (Lipinski definition) is 12. The maximum atomic E-state index is 14.5. The molecule has 0 radical (unpaired) electrons. The molecule has 16 heteroatoms. The average Bonchev–Trinajstić information content (AvgIpc) is 3.64. The number of hydrogen-bond donors (Lipinski definition) is 4. The van der Waals surface area contributed by atoms with Crippen molar-refractivity contribution in [1.29, 1.82) is 0 Å². The summed E-state index contributed by atoms with van der Waals surface area (Å²) in [6, 6.07) is 21.4. The summed E-state index contributed by atoms with van der Waals surface area (Å²) in [5.74, 6) is -2.74. The monoisotopic (exact) mass is 968 g/mol. The standard InChI is InChI=1S/C54H73N5O11/c1-10-27-67-50(62)45(29-36(3)4)57-39(31-56-52(64)69-34-44-42-23-17-15-21-40(42)41-22-16-18-24-43(41)44)25-26-59(47(30-37(5)6)51(63)70-54(7,8)9)48(60)32-55-49(61)46(58-53(65)68-28-11-2)35-66-33-38-19-13-12-14-20-38/h10-24,36-37,39,44-47,57H,1-2,25-35H2,3-9H3,(H,55,61)(H,56,64)(H,58,65)/t39?,45-,46-,47-/m0/s1. The van der Waals surface area contributed by atoms with E-state index in [0.29, 0.717) is 6.42 Å². The van der Waals surface area contributed by atoms with Crippen LogP contribution in [-0.2, 0) is 49.5 Å². The van der Waals surface area contributed by atoms with Crippen LogP contribution in [0.1, 0.15) is 90.3 Å². The number of carbonyl (C=O) groups excluding carboxylic acids is 6. The fourth-order valence-corrected chi connectivity index (χ4v) is 8.00. The second kappa shape index (κ2) is 28.2. The van der Waals surface area contributed by atoms with E-state index in [0.717, 1.165) is 27.8 Å². The van der Waals surface area contributed by atoms with Crippen LogP contribution in [0.5, 0.6) is 0 Å². The number of fused-ring (bicyclic) bond motifs is 3. The maximum absolute atomic E-state index is 14.5. The fraction of sp³-hybridized carbons (Fsp3) is 0.481. The average molecular weight is 968 g/mol. The van der Waals surface area contributed by atoms with Gasteiger partial charge in [-0.15, -0.1) is 0 Å². The molecule has 3 aromatic carbocycles. The van der Waals surface area contributed by atoms with Crippen LogP contribution in [0, 0.1) is 11.8 Å². The van der Waals surface area contributed by atoms with Crippen molar-refractivity contribution in [3.63, 3.8) is 0 Å². The van der Waals surface area contributed by atoms with E-state index >= 15 is 0 Å². The first-order chi connectivity index (χ1) is 33.4. The van der Waals surface area contributed by atoms with Crippen LogP contribution < -0.4 is 21.3 Å². The van der Waals surface area contributed by atoms with Crippen molar-refractivity contribution < 1.29 is 52.5 Å². The van der Waals surface area contributed by atoms with Crippen LogP contribution in [0.15, 0.2) is 104 Å². The number of benzene rings is 3. The van der Waals surface area contributed by atoms with Gasteiger partial charge in [-0.1, -0.05) is 132 Å². The molecule has 0 spiro atoms. The van der Waals surface area contributed by atoms with E-state index in [4.69, 9.17) is 23.7 Å². The van der Waals surface area contributed by atoms with E-state index in [-0.39, 0.29) is 76.7 Å². The largest absolute Gasteiger partial charge is 0.460 e. The van der Waals surface area contributed by atoms with Crippen molar-refractivity contribution >= 4 is 35.9 Å². The lowest BCUT2D eigenvalue weighted by Crippen LogP contribution is -2.55. The highest BCUT2D eigenvalue weighted by molar-refractivity contribution is 5.91. The fourth-order valence-electron chi connectivity index (χ4n) is 8.00. The summed E-state index contributed by atoms with van der Waals surface area (Å²) in [6.07, 6.45) is 1.97. The number of ether oxygens (including phenoxy) is 5. The van der Waals surface area contributed by atoms with Gasteiger partial charge in [0.1, 0.15) is 43.5 Å². The minimum absolute atomic E-state index is 0.00984. The molecule has 380 valence electrons. The maximum Gasteiger partial charge on any atom is 0.408 e. The van der Waals surface area contributed by atoms with Crippen LogP contribution in [0.2, 0.25) is 0 Å². The lowest BCUT2D eigenvalue weighted by atomic mass is 9.98. The van der Waals surface area contributed by atoms with Crippen molar-refractivity contribution in [2.75, 3.05) is 46.1 Å². The van der Waals surface area contributed by atoms with Crippen LogP contribution in [0.4, 0.5) is 9.59 Å². The van der Waals surface area contributed by atoms with Gasteiger partial charge in [0.15, 0.2) is 0 Å². The summed E-state index contributed by atoms with van der Waals surface area (Å²) in [5.41, 5.74) is 4.23. The third-order valence-corrected chi connectivity index (χ3v) is 11.1. The normalized spacial score (nSPS) is 13.7. The molecule has 3 aromatic rings. The van der Waals surface area contributed by atoms with Gasteiger partial charge < -0.3 is 44.5 Å². The molecule has 16 nitrogen and oxygen atoms in total. The summed E-state index contributed by atoms with van der Waals surface area (Å²) in [6.45, 7) is 19.3. The van der Waals surface area contributed by atoms with E-state index < -0.39 is 72.3 Å². The zero-order chi connectivity index (χ0) is 51.2. The third-order valence-electron chi connectivity index (χ3n) is 11.1. The highest BCUT2D eigenvalue weighted by atomic mass is 16.6. The molecule has 0 saturated carbocycles. The lowest BCUT2D eigenvalue weighted by molar-refractivity contribution is -0.165. The summed E-state index contributed by atoms with van der Waals surface area (Å²) < 4.78 is 28.1. The number of alkyl carbamates (subject to hydrolysis) is 2. The molecule has 1 unspecified atom stereocenters. The minimum Gasteiger partial charge on any atom is -0.460 e. The quantitative estimate of drug-likeness (QED) is 0.0324. The Kier molecular flexibility index (Phi) is 22.6. The predicted octanol–water partition coefficient (Wildman–Crippen LogP) is 7.22. The highest BCUT2D eigenvalue weighted by Crippen LogP contribution is 2.44. The Labute approximate surface area is 413 Å². The molecular formula is C54H73N5O11. The van der Waals surface area contributed by atoms with Gasteiger partial charge >= 0.3 is 24.1 Å². The molecule has 4 rings (SSSR count). The first kappa shape index (κ1) is 56.1. The van der Waals surface area contributed by atoms with Crippen LogP contribution in [0.3, 0.4) is 0 Å². The van der Waals surface area contributed by atoms with Crippen molar-refractivity contribution in [1.82, 2.24) is 26.2 Å². The number of nitrogens with one attached hydrogen (secondary N) is 4. The Morgan fingerprint density at radius 3 is 1.91 bits per heavy atom. The van der Waals surface area contributed by atoms with Gasteiger partial charge in [0.05, 0.1) is 19.8 Å². The molecule has 0 aliphatic heterocycles. The molecule has 0 bridgehead atoms. The summed E-state index contributed by atoms with van der Waals surface area (Å²) >= 11 is 0. The van der Waals surface area contributed by atoms with E-state index in [2.05, 4.69) is 46.6 Å². The Morgan fingerprint density at radius 1 is 0.714 bits per heavy atom. The van der Waals surface area contributed by atoms with Crippen molar-refractivity contribution in [3.05, 3.63) is 121 Å². The van der Waals surface area contributed by atoms with Gasteiger partial charge in [-0.3, -0.25) is 19.7 Å². The molecule has 4 atom stereocenters.